The molecule has 0 N–H and O–H groups in total. The van der Waals surface area contributed by atoms with Crippen LogP contribution in [0.5, 0.6) is 0 Å². The summed E-state index contributed by atoms with van der Waals surface area (Å²) in [5.41, 5.74) is 4.06. The van der Waals surface area contributed by atoms with E-state index in [4.69, 9.17) is 16.6 Å². The molecule has 0 unspecified atom stereocenters. The topological polar surface area (TPSA) is 17.8 Å². The molecule has 0 aliphatic rings. The van der Waals surface area contributed by atoms with Crippen LogP contribution in [0.2, 0.25) is 5.02 Å². The molecule has 1 heterocycles. The molecular formula is C19H12BrClN2. The monoisotopic (exact) mass is 382 g/mol. The molecule has 2 nitrogen and oxygen atoms in total. The van der Waals surface area contributed by atoms with E-state index in [0.29, 0.717) is 5.02 Å². The van der Waals surface area contributed by atoms with Gasteiger partial charge in [-0.3, -0.25) is 4.57 Å². The summed E-state index contributed by atoms with van der Waals surface area (Å²) in [5.74, 6) is 0.908. The molecule has 0 spiro atoms. The lowest BCUT2D eigenvalue weighted by Gasteiger charge is -2.09. The quantitative estimate of drug-likeness (QED) is 0.408. The summed E-state index contributed by atoms with van der Waals surface area (Å²) in [7, 11) is 0. The number of halogens is 2. The van der Waals surface area contributed by atoms with Crippen molar-refractivity contribution < 1.29 is 0 Å². The number of imidazole rings is 1. The van der Waals surface area contributed by atoms with Crippen molar-refractivity contribution in [3.63, 3.8) is 0 Å². The Bertz CT molecular complexity index is 976. The average molecular weight is 384 g/mol. The first-order valence-corrected chi connectivity index (χ1v) is 8.39. The summed E-state index contributed by atoms with van der Waals surface area (Å²) in [6, 6.07) is 24.2. The van der Waals surface area contributed by atoms with Crippen molar-refractivity contribution in [3.05, 3.63) is 82.3 Å². The minimum atomic E-state index is 0.692. The third-order valence-electron chi connectivity index (χ3n) is 3.73. The second-order valence-electron chi connectivity index (χ2n) is 5.25. The van der Waals surface area contributed by atoms with E-state index in [9.17, 15) is 0 Å². The second kappa shape index (κ2) is 5.84. The van der Waals surface area contributed by atoms with Gasteiger partial charge in [0.25, 0.3) is 0 Å². The Kier molecular flexibility index (Phi) is 3.68. The Morgan fingerprint density at radius 3 is 2.35 bits per heavy atom. The number of aromatic nitrogens is 2. The van der Waals surface area contributed by atoms with Crippen molar-refractivity contribution in [2.45, 2.75) is 0 Å². The predicted molar refractivity (Wildman–Crippen MR) is 99.2 cm³/mol. The third kappa shape index (κ3) is 2.67. The van der Waals surface area contributed by atoms with Crippen LogP contribution in [-0.4, -0.2) is 9.55 Å². The summed E-state index contributed by atoms with van der Waals surface area (Å²) in [4.78, 5) is 4.81. The number of benzene rings is 3. The maximum Gasteiger partial charge on any atom is 0.145 e. The molecule has 4 rings (SSSR count). The van der Waals surface area contributed by atoms with Crippen LogP contribution in [0, 0.1) is 0 Å². The van der Waals surface area contributed by atoms with Crippen molar-refractivity contribution in [3.8, 4) is 17.1 Å². The van der Waals surface area contributed by atoms with Gasteiger partial charge in [0.1, 0.15) is 5.82 Å². The Morgan fingerprint density at radius 2 is 1.61 bits per heavy atom. The molecule has 1 aromatic heterocycles. The molecule has 112 valence electrons. The van der Waals surface area contributed by atoms with Crippen molar-refractivity contribution in [2.24, 2.45) is 0 Å². The van der Waals surface area contributed by atoms with E-state index in [2.05, 4.69) is 44.8 Å². The van der Waals surface area contributed by atoms with Gasteiger partial charge in [-0.05, 0) is 42.5 Å². The van der Waals surface area contributed by atoms with E-state index >= 15 is 0 Å². The van der Waals surface area contributed by atoms with E-state index in [-0.39, 0.29) is 0 Å². The summed E-state index contributed by atoms with van der Waals surface area (Å²) in [5, 5.41) is 0.692. The standard InChI is InChI=1S/C19H12BrClN2/c20-14-6-9-16(10-7-14)23-18-11-8-15(21)12-17(18)22-19(23)13-4-2-1-3-5-13/h1-12H. The highest BCUT2D eigenvalue weighted by atomic mass is 79.9. The van der Waals surface area contributed by atoms with E-state index in [1.807, 2.05) is 48.5 Å². The van der Waals surface area contributed by atoms with Crippen LogP contribution in [0.15, 0.2) is 77.3 Å². The van der Waals surface area contributed by atoms with E-state index < -0.39 is 0 Å². The maximum absolute atomic E-state index is 6.14. The minimum absolute atomic E-state index is 0.692. The summed E-state index contributed by atoms with van der Waals surface area (Å²) in [6.45, 7) is 0. The molecule has 0 saturated heterocycles. The fourth-order valence-electron chi connectivity index (χ4n) is 2.69. The normalized spacial score (nSPS) is 11.0. The van der Waals surface area contributed by atoms with Crippen molar-refractivity contribution in [2.75, 3.05) is 0 Å². The first-order valence-electron chi connectivity index (χ1n) is 7.22. The second-order valence-corrected chi connectivity index (χ2v) is 6.60. The SMILES string of the molecule is Clc1ccc2c(c1)nc(-c1ccccc1)n2-c1ccc(Br)cc1. The van der Waals surface area contributed by atoms with Crippen molar-refractivity contribution in [1.29, 1.82) is 0 Å². The summed E-state index contributed by atoms with van der Waals surface area (Å²) >= 11 is 9.63. The molecule has 0 saturated carbocycles. The zero-order valence-electron chi connectivity index (χ0n) is 12.1. The highest BCUT2D eigenvalue weighted by molar-refractivity contribution is 9.10. The highest BCUT2D eigenvalue weighted by Crippen LogP contribution is 2.30. The molecule has 0 amide bonds. The number of hydrogen-bond donors (Lipinski definition) is 0. The number of nitrogens with zero attached hydrogens (tertiary/aromatic N) is 2. The molecule has 4 heteroatoms. The zero-order valence-corrected chi connectivity index (χ0v) is 14.4. The number of rotatable bonds is 2. The molecule has 0 bridgehead atoms. The molecule has 0 aliphatic heterocycles. The average Bonchev–Trinajstić information content (AvgIpc) is 2.95. The van der Waals surface area contributed by atoms with Crippen LogP contribution in [-0.2, 0) is 0 Å². The van der Waals surface area contributed by atoms with Gasteiger partial charge < -0.3 is 0 Å². The Hall–Kier alpha value is -2.10. The van der Waals surface area contributed by atoms with E-state index in [0.717, 1.165) is 32.6 Å². The van der Waals surface area contributed by atoms with Gasteiger partial charge in [0, 0.05) is 20.7 Å². The number of fused-ring (bicyclic) bond motifs is 1. The van der Waals surface area contributed by atoms with Gasteiger partial charge in [-0.1, -0.05) is 57.9 Å². The minimum Gasteiger partial charge on any atom is -0.292 e. The molecule has 3 aromatic carbocycles. The molecule has 0 atom stereocenters. The molecule has 23 heavy (non-hydrogen) atoms. The van der Waals surface area contributed by atoms with Crippen LogP contribution in [0.1, 0.15) is 0 Å². The first-order chi connectivity index (χ1) is 11.2. The van der Waals surface area contributed by atoms with Crippen LogP contribution in [0.25, 0.3) is 28.1 Å². The molecule has 0 radical (unpaired) electrons. The lowest BCUT2D eigenvalue weighted by Crippen LogP contribution is -1.97. The predicted octanol–water partition coefficient (Wildman–Crippen LogP) is 6.11. The van der Waals surface area contributed by atoms with Crippen molar-refractivity contribution >= 4 is 38.6 Å². The van der Waals surface area contributed by atoms with Crippen LogP contribution >= 0.6 is 27.5 Å². The van der Waals surface area contributed by atoms with Crippen LogP contribution in [0.4, 0.5) is 0 Å². The fraction of sp³-hybridized carbons (Fsp3) is 0. The lowest BCUT2D eigenvalue weighted by molar-refractivity contribution is 1.10. The number of hydrogen-bond acceptors (Lipinski definition) is 1. The highest BCUT2D eigenvalue weighted by Gasteiger charge is 2.14. The van der Waals surface area contributed by atoms with Crippen LogP contribution in [0.3, 0.4) is 0 Å². The van der Waals surface area contributed by atoms with Gasteiger partial charge in [-0.15, -0.1) is 0 Å². The van der Waals surface area contributed by atoms with Gasteiger partial charge in [-0.25, -0.2) is 4.98 Å². The Balaban J connectivity index is 2.05. The van der Waals surface area contributed by atoms with E-state index in [1.165, 1.54) is 0 Å². The first kappa shape index (κ1) is 14.5. The molecule has 4 aromatic rings. The van der Waals surface area contributed by atoms with Gasteiger partial charge in [0.2, 0.25) is 0 Å². The molecule has 0 aliphatic carbocycles. The van der Waals surface area contributed by atoms with Crippen molar-refractivity contribution in [1.82, 2.24) is 9.55 Å². The fourth-order valence-corrected chi connectivity index (χ4v) is 3.12. The Morgan fingerprint density at radius 1 is 0.870 bits per heavy atom. The zero-order chi connectivity index (χ0) is 15.8. The third-order valence-corrected chi connectivity index (χ3v) is 4.50. The molecular weight excluding hydrogens is 372 g/mol. The summed E-state index contributed by atoms with van der Waals surface area (Å²) < 4.78 is 3.21. The smallest absolute Gasteiger partial charge is 0.145 e. The van der Waals surface area contributed by atoms with E-state index in [1.54, 1.807) is 0 Å². The maximum atomic E-state index is 6.14. The van der Waals surface area contributed by atoms with Gasteiger partial charge >= 0.3 is 0 Å². The van der Waals surface area contributed by atoms with Gasteiger partial charge in [-0.2, -0.15) is 0 Å². The Labute approximate surface area is 147 Å². The summed E-state index contributed by atoms with van der Waals surface area (Å²) in [6.07, 6.45) is 0. The van der Waals surface area contributed by atoms with Gasteiger partial charge in [0.05, 0.1) is 11.0 Å². The van der Waals surface area contributed by atoms with Crippen LogP contribution < -0.4 is 0 Å². The lowest BCUT2D eigenvalue weighted by atomic mass is 10.2. The van der Waals surface area contributed by atoms with Gasteiger partial charge in [0.15, 0.2) is 0 Å². The molecule has 0 fully saturated rings. The largest absolute Gasteiger partial charge is 0.292 e.